The van der Waals surface area contributed by atoms with Crippen molar-refractivity contribution in [1.82, 2.24) is 4.90 Å². The summed E-state index contributed by atoms with van der Waals surface area (Å²) >= 11 is 6.17. The zero-order valence-electron chi connectivity index (χ0n) is 14.6. The lowest BCUT2D eigenvalue weighted by atomic mass is 10.0. The average molecular weight is 352 g/mol. The highest BCUT2D eigenvalue weighted by molar-refractivity contribution is 6.31. The predicted molar refractivity (Wildman–Crippen MR) is 94.1 cm³/mol. The van der Waals surface area contributed by atoms with Crippen LogP contribution < -0.4 is 0 Å². The second-order valence-corrected chi connectivity index (χ2v) is 8.31. The molecule has 0 aromatic heterocycles. The Bertz CT molecular complexity index is 585. The zero-order valence-corrected chi connectivity index (χ0v) is 15.4. The summed E-state index contributed by atoms with van der Waals surface area (Å²) in [6.45, 7) is 7.83. The summed E-state index contributed by atoms with van der Waals surface area (Å²) in [6, 6.07) is 7.80. The normalized spacial score (nSPS) is 26.5. The highest BCUT2D eigenvalue weighted by atomic mass is 35.5. The van der Waals surface area contributed by atoms with Gasteiger partial charge < -0.3 is 14.4 Å². The third-order valence-corrected chi connectivity index (χ3v) is 5.16. The Morgan fingerprint density at radius 2 is 1.83 bits per heavy atom. The Kier molecular flexibility index (Phi) is 5.07. The van der Waals surface area contributed by atoms with E-state index in [0.29, 0.717) is 18.4 Å². The molecule has 0 bridgehead atoms. The zero-order chi connectivity index (χ0) is 17.3. The number of carbonyl (C=O) groups excluding carboxylic acids is 1. The van der Waals surface area contributed by atoms with E-state index < -0.39 is 5.60 Å². The van der Waals surface area contributed by atoms with Gasteiger partial charge in [0.15, 0.2) is 0 Å². The summed E-state index contributed by atoms with van der Waals surface area (Å²) in [5, 5.41) is 0.756. The third-order valence-electron chi connectivity index (χ3n) is 4.79. The van der Waals surface area contributed by atoms with Gasteiger partial charge in [0.2, 0.25) is 0 Å². The SMILES string of the molecule is CC(C)(C)OC(=O)N1C[C@H]2C[C@H](OCc3ccccc3Cl)C[C@H]2C1. The second-order valence-electron chi connectivity index (χ2n) is 7.90. The molecule has 1 aromatic rings. The van der Waals surface area contributed by atoms with Crippen LogP contribution in [0.1, 0.15) is 39.2 Å². The number of benzene rings is 1. The summed E-state index contributed by atoms with van der Waals surface area (Å²) < 4.78 is 11.5. The lowest BCUT2D eigenvalue weighted by molar-refractivity contribution is 0.0205. The van der Waals surface area contributed by atoms with Gasteiger partial charge in [0.1, 0.15) is 5.60 Å². The van der Waals surface area contributed by atoms with Gasteiger partial charge in [-0.05, 0) is 57.1 Å². The quantitative estimate of drug-likeness (QED) is 0.804. The molecule has 3 rings (SSSR count). The fraction of sp³-hybridized carbons (Fsp3) is 0.632. The van der Waals surface area contributed by atoms with Crippen LogP contribution in [0.4, 0.5) is 4.79 Å². The average Bonchev–Trinajstić information content (AvgIpc) is 3.03. The standard InChI is InChI=1S/C19H26ClNO3/c1-19(2,3)24-18(22)21-10-14-8-16(9-15(14)11-21)23-12-13-6-4-5-7-17(13)20/h4-7,14-16H,8-12H2,1-3H3/t14-,15+,16+. The van der Waals surface area contributed by atoms with Crippen LogP contribution >= 0.6 is 11.6 Å². The molecule has 0 N–H and O–H groups in total. The largest absolute Gasteiger partial charge is 0.444 e. The van der Waals surface area contributed by atoms with Gasteiger partial charge in [0.05, 0.1) is 12.7 Å². The number of halogens is 1. The van der Waals surface area contributed by atoms with Crippen LogP contribution in [0.3, 0.4) is 0 Å². The van der Waals surface area contributed by atoms with Crippen molar-refractivity contribution in [3.05, 3.63) is 34.9 Å². The van der Waals surface area contributed by atoms with Crippen LogP contribution in [0.25, 0.3) is 0 Å². The van der Waals surface area contributed by atoms with Crippen LogP contribution in [0, 0.1) is 11.8 Å². The molecule has 5 heteroatoms. The Hall–Kier alpha value is -1.26. The molecule has 1 aliphatic heterocycles. The van der Waals surface area contributed by atoms with Crippen LogP contribution in [-0.4, -0.2) is 35.8 Å². The molecule has 1 aromatic carbocycles. The van der Waals surface area contributed by atoms with Gasteiger partial charge in [0.25, 0.3) is 0 Å². The maximum Gasteiger partial charge on any atom is 0.410 e. The van der Waals surface area contributed by atoms with E-state index in [0.717, 1.165) is 36.5 Å². The van der Waals surface area contributed by atoms with E-state index in [2.05, 4.69) is 0 Å². The molecule has 1 saturated heterocycles. The van der Waals surface area contributed by atoms with Crippen molar-refractivity contribution in [3.8, 4) is 0 Å². The Morgan fingerprint density at radius 1 is 1.21 bits per heavy atom. The van der Waals surface area contributed by atoms with Crippen molar-refractivity contribution < 1.29 is 14.3 Å². The Balaban J connectivity index is 1.47. The molecule has 24 heavy (non-hydrogen) atoms. The monoisotopic (exact) mass is 351 g/mol. The number of ether oxygens (including phenoxy) is 2. The highest BCUT2D eigenvalue weighted by Crippen LogP contribution is 2.40. The molecule has 132 valence electrons. The van der Waals surface area contributed by atoms with E-state index in [-0.39, 0.29) is 12.2 Å². The minimum atomic E-state index is -0.435. The first-order valence-corrected chi connectivity index (χ1v) is 9.02. The van der Waals surface area contributed by atoms with Gasteiger partial charge in [-0.25, -0.2) is 4.79 Å². The molecule has 2 fully saturated rings. The first-order chi connectivity index (χ1) is 11.3. The smallest absolute Gasteiger partial charge is 0.410 e. The van der Waals surface area contributed by atoms with E-state index in [1.54, 1.807) is 0 Å². The Labute approximate surface area is 149 Å². The number of hydrogen-bond acceptors (Lipinski definition) is 3. The number of carbonyl (C=O) groups is 1. The fourth-order valence-electron chi connectivity index (χ4n) is 3.68. The number of rotatable bonds is 3. The highest BCUT2D eigenvalue weighted by Gasteiger charge is 2.43. The second kappa shape index (κ2) is 6.93. The van der Waals surface area contributed by atoms with E-state index in [4.69, 9.17) is 21.1 Å². The number of nitrogens with zero attached hydrogens (tertiary/aromatic N) is 1. The van der Waals surface area contributed by atoms with E-state index in [1.165, 1.54) is 0 Å². The predicted octanol–water partition coefficient (Wildman–Crippen LogP) is 4.50. The number of amides is 1. The summed E-state index contributed by atoms with van der Waals surface area (Å²) in [4.78, 5) is 14.0. The maximum absolute atomic E-state index is 12.2. The molecule has 4 nitrogen and oxygen atoms in total. The van der Waals surface area contributed by atoms with Crippen molar-refractivity contribution in [2.75, 3.05) is 13.1 Å². The fourth-order valence-corrected chi connectivity index (χ4v) is 3.87. The molecule has 1 heterocycles. The molecule has 3 atom stereocenters. The number of fused-ring (bicyclic) bond motifs is 1. The van der Waals surface area contributed by atoms with Gasteiger partial charge >= 0.3 is 6.09 Å². The van der Waals surface area contributed by atoms with Gasteiger partial charge in [-0.3, -0.25) is 0 Å². The van der Waals surface area contributed by atoms with Crippen molar-refractivity contribution in [1.29, 1.82) is 0 Å². The van der Waals surface area contributed by atoms with E-state index in [9.17, 15) is 4.79 Å². The van der Waals surface area contributed by atoms with Gasteiger partial charge in [-0.1, -0.05) is 29.8 Å². The van der Waals surface area contributed by atoms with Crippen molar-refractivity contribution in [2.24, 2.45) is 11.8 Å². The van der Waals surface area contributed by atoms with Crippen molar-refractivity contribution in [3.63, 3.8) is 0 Å². The molecular formula is C19H26ClNO3. The van der Waals surface area contributed by atoms with E-state index >= 15 is 0 Å². The van der Waals surface area contributed by atoms with Gasteiger partial charge in [-0.2, -0.15) is 0 Å². The minimum absolute atomic E-state index is 0.189. The van der Waals surface area contributed by atoms with Crippen LogP contribution in [0.2, 0.25) is 5.02 Å². The van der Waals surface area contributed by atoms with Crippen LogP contribution in [-0.2, 0) is 16.1 Å². The molecule has 0 spiro atoms. The number of hydrogen-bond donors (Lipinski definition) is 0. The topological polar surface area (TPSA) is 38.8 Å². The molecule has 1 aliphatic carbocycles. The molecular weight excluding hydrogens is 326 g/mol. The molecule has 1 saturated carbocycles. The summed E-state index contributed by atoms with van der Waals surface area (Å²) in [5.41, 5.74) is 0.599. The van der Waals surface area contributed by atoms with Gasteiger partial charge in [0, 0.05) is 18.1 Å². The summed E-state index contributed by atoms with van der Waals surface area (Å²) in [7, 11) is 0. The van der Waals surface area contributed by atoms with E-state index in [1.807, 2.05) is 49.9 Å². The number of likely N-dealkylation sites (tertiary alicyclic amines) is 1. The Morgan fingerprint density at radius 3 is 2.42 bits per heavy atom. The molecule has 0 unspecified atom stereocenters. The lowest BCUT2D eigenvalue weighted by Crippen LogP contribution is -2.36. The first kappa shape index (κ1) is 17.6. The molecule has 1 amide bonds. The molecule has 2 aliphatic rings. The van der Waals surface area contributed by atoms with Gasteiger partial charge in [-0.15, -0.1) is 0 Å². The summed E-state index contributed by atoms with van der Waals surface area (Å²) in [5.74, 6) is 1.04. The van der Waals surface area contributed by atoms with Crippen molar-refractivity contribution in [2.45, 2.75) is 51.9 Å². The minimum Gasteiger partial charge on any atom is -0.444 e. The van der Waals surface area contributed by atoms with Crippen LogP contribution in [0.5, 0.6) is 0 Å². The van der Waals surface area contributed by atoms with Crippen LogP contribution in [0.15, 0.2) is 24.3 Å². The maximum atomic E-state index is 12.2. The van der Waals surface area contributed by atoms with Crippen molar-refractivity contribution >= 4 is 17.7 Å². The lowest BCUT2D eigenvalue weighted by Gasteiger charge is -2.25. The summed E-state index contributed by atoms with van der Waals surface area (Å²) in [6.07, 6.45) is 2.09. The first-order valence-electron chi connectivity index (χ1n) is 8.65. The molecule has 0 radical (unpaired) electrons. The third kappa shape index (κ3) is 4.22.